The summed E-state index contributed by atoms with van der Waals surface area (Å²) in [4.78, 5) is 35.8. The first kappa shape index (κ1) is 17.0. The number of hydrogen-bond acceptors (Lipinski definition) is 6. The molecule has 0 radical (unpaired) electrons. The Morgan fingerprint density at radius 3 is 2.56 bits per heavy atom. The second-order valence-corrected chi connectivity index (χ2v) is 6.71. The van der Waals surface area contributed by atoms with Gasteiger partial charge in [-0.2, -0.15) is 10.1 Å². The Kier molecular flexibility index (Phi) is 4.00. The van der Waals surface area contributed by atoms with Crippen LogP contribution in [0.4, 0.5) is 5.69 Å². The van der Waals surface area contributed by atoms with Crippen LogP contribution in [0.1, 0.15) is 12.0 Å². The normalized spacial score (nSPS) is 28.0. The third-order valence-corrected chi connectivity index (χ3v) is 5.26. The number of nitrogens with zero attached hydrogens (tertiary/aromatic N) is 3. The van der Waals surface area contributed by atoms with Crippen molar-refractivity contribution < 1.29 is 19.2 Å². The van der Waals surface area contributed by atoms with Crippen molar-refractivity contribution in [1.82, 2.24) is 5.01 Å². The van der Waals surface area contributed by atoms with Crippen molar-refractivity contribution in [3.8, 4) is 18.1 Å². The SMILES string of the molecule is C#CCOc1ccc(C=NN2C(=O)[C@@H]3[C@H](C2=O)[C@H]2C=C[C@H]3C2)cc1[N+](=O)[O-]. The summed E-state index contributed by atoms with van der Waals surface area (Å²) in [5.41, 5.74) is 0.0981. The zero-order chi connectivity index (χ0) is 19.1. The van der Waals surface area contributed by atoms with Crippen LogP contribution in [0.25, 0.3) is 0 Å². The predicted molar refractivity (Wildman–Crippen MR) is 94.6 cm³/mol. The Labute approximate surface area is 154 Å². The van der Waals surface area contributed by atoms with E-state index < -0.39 is 4.92 Å². The summed E-state index contributed by atoms with van der Waals surface area (Å²) in [5, 5.41) is 16.1. The average molecular weight is 365 g/mol. The second kappa shape index (κ2) is 6.36. The van der Waals surface area contributed by atoms with E-state index >= 15 is 0 Å². The largest absolute Gasteiger partial charge is 0.474 e. The zero-order valence-electron chi connectivity index (χ0n) is 14.1. The molecule has 4 rings (SSSR count). The molecule has 3 aliphatic rings. The molecule has 0 aromatic heterocycles. The molecule has 1 aliphatic heterocycles. The first-order valence-corrected chi connectivity index (χ1v) is 8.46. The summed E-state index contributed by atoms with van der Waals surface area (Å²) in [6.07, 6.45) is 11.2. The lowest BCUT2D eigenvalue weighted by Crippen LogP contribution is -2.28. The highest BCUT2D eigenvalue weighted by Crippen LogP contribution is 2.52. The van der Waals surface area contributed by atoms with Crippen molar-refractivity contribution in [1.29, 1.82) is 0 Å². The molecule has 0 spiro atoms. The number of carbonyl (C=O) groups is 2. The van der Waals surface area contributed by atoms with Crippen molar-refractivity contribution in [2.24, 2.45) is 28.8 Å². The van der Waals surface area contributed by atoms with Crippen LogP contribution in [0.2, 0.25) is 0 Å². The van der Waals surface area contributed by atoms with Crippen molar-refractivity contribution in [3.05, 3.63) is 46.0 Å². The molecule has 1 aromatic carbocycles. The van der Waals surface area contributed by atoms with E-state index in [1.54, 1.807) is 6.07 Å². The van der Waals surface area contributed by atoms with Crippen molar-refractivity contribution in [3.63, 3.8) is 0 Å². The smallest absolute Gasteiger partial charge is 0.311 e. The lowest BCUT2D eigenvalue weighted by Gasteiger charge is -2.13. The Hall–Kier alpha value is -3.47. The number of hydrazone groups is 1. The van der Waals surface area contributed by atoms with Crippen molar-refractivity contribution in [2.45, 2.75) is 6.42 Å². The molecule has 8 heteroatoms. The van der Waals surface area contributed by atoms with Gasteiger partial charge in [0.05, 0.1) is 23.0 Å². The number of allylic oxidation sites excluding steroid dienone is 2. The number of nitro benzene ring substituents is 1. The van der Waals surface area contributed by atoms with Crippen LogP contribution in [0.5, 0.6) is 5.75 Å². The fourth-order valence-corrected chi connectivity index (χ4v) is 4.12. The Morgan fingerprint density at radius 2 is 1.96 bits per heavy atom. The van der Waals surface area contributed by atoms with E-state index in [0.717, 1.165) is 11.4 Å². The molecule has 27 heavy (non-hydrogen) atoms. The van der Waals surface area contributed by atoms with Crippen LogP contribution < -0.4 is 4.74 Å². The van der Waals surface area contributed by atoms with Gasteiger partial charge in [0.1, 0.15) is 6.61 Å². The maximum Gasteiger partial charge on any atom is 0.311 e. The van der Waals surface area contributed by atoms with Crippen LogP contribution in [0.3, 0.4) is 0 Å². The number of ether oxygens (including phenoxy) is 1. The van der Waals surface area contributed by atoms with E-state index in [0.29, 0.717) is 5.56 Å². The van der Waals surface area contributed by atoms with Crippen LogP contribution in [0, 0.1) is 46.1 Å². The number of hydrogen-bond donors (Lipinski definition) is 0. The maximum atomic E-state index is 12.6. The molecule has 2 aliphatic carbocycles. The molecule has 1 aromatic rings. The first-order chi connectivity index (χ1) is 13.0. The first-order valence-electron chi connectivity index (χ1n) is 8.46. The van der Waals surface area contributed by atoms with E-state index in [1.165, 1.54) is 18.3 Å². The molecular weight excluding hydrogens is 350 g/mol. The van der Waals surface area contributed by atoms with Gasteiger partial charge in [-0.3, -0.25) is 19.7 Å². The number of rotatable bonds is 5. The number of imide groups is 1. The molecule has 136 valence electrons. The summed E-state index contributed by atoms with van der Waals surface area (Å²) in [6, 6.07) is 4.20. The molecule has 1 saturated heterocycles. The highest BCUT2D eigenvalue weighted by molar-refractivity contribution is 6.06. The molecule has 4 atom stereocenters. The number of carbonyl (C=O) groups excluding carboxylic acids is 2. The quantitative estimate of drug-likeness (QED) is 0.198. The van der Waals surface area contributed by atoms with Gasteiger partial charge in [-0.05, 0) is 30.4 Å². The zero-order valence-corrected chi connectivity index (χ0v) is 14.1. The fraction of sp³-hybridized carbons (Fsp3) is 0.316. The molecule has 1 heterocycles. The van der Waals surface area contributed by atoms with E-state index in [9.17, 15) is 19.7 Å². The topological polar surface area (TPSA) is 102 Å². The van der Waals surface area contributed by atoms with Gasteiger partial charge in [0.25, 0.3) is 11.8 Å². The average Bonchev–Trinajstić information content (AvgIpc) is 3.33. The van der Waals surface area contributed by atoms with E-state index in [1.807, 2.05) is 12.2 Å². The third-order valence-electron chi connectivity index (χ3n) is 5.26. The van der Waals surface area contributed by atoms with Gasteiger partial charge in [0.15, 0.2) is 5.75 Å². The van der Waals surface area contributed by atoms with Gasteiger partial charge in [-0.1, -0.05) is 18.1 Å². The third kappa shape index (κ3) is 2.68. The monoisotopic (exact) mass is 365 g/mol. The lowest BCUT2D eigenvalue weighted by molar-refractivity contribution is -0.385. The molecule has 0 unspecified atom stereocenters. The fourth-order valence-electron chi connectivity index (χ4n) is 4.12. The number of benzene rings is 1. The molecule has 2 bridgehead atoms. The van der Waals surface area contributed by atoms with Crippen molar-refractivity contribution in [2.75, 3.05) is 6.61 Å². The molecule has 2 amide bonds. The van der Waals surface area contributed by atoms with E-state index in [2.05, 4.69) is 11.0 Å². The highest BCUT2D eigenvalue weighted by atomic mass is 16.6. The minimum absolute atomic E-state index is 0.0422. The second-order valence-electron chi connectivity index (χ2n) is 6.71. The van der Waals surface area contributed by atoms with Crippen LogP contribution in [0.15, 0.2) is 35.5 Å². The van der Waals surface area contributed by atoms with Crippen LogP contribution in [-0.4, -0.2) is 34.6 Å². The lowest BCUT2D eigenvalue weighted by atomic mass is 9.85. The van der Waals surface area contributed by atoms with Gasteiger partial charge in [-0.15, -0.1) is 6.42 Å². The summed E-state index contributed by atoms with van der Waals surface area (Å²) in [5.74, 6) is 1.21. The minimum atomic E-state index is -0.594. The van der Waals surface area contributed by atoms with Gasteiger partial charge in [-0.25, -0.2) is 0 Å². The molecule has 1 saturated carbocycles. The van der Waals surface area contributed by atoms with E-state index in [4.69, 9.17) is 11.2 Å². The van der Waals surface area contributed by atoms with Gasteiger partial charge >= 0.3 is 5.69 Å². The molecule has 2 fully saturated rings. The molecule has 8 nitrogen and oxygen atoms in total. The number of fused-ring (bicyclic) bond motifs is 5. The van der Waals surface area contributed by atoms with Crippen LogP contribution in [-0.2, 0) is 9.59 Å². The Balaban J connectivity index is 1.56. The summed E-state index contributed by atoms with van der Waals surface area (Å²) in [6.45, 7) is -0.0931. The number of terminal acetylenes is 1. The predicted octanol–water partition coefficient (Wildman–Crippen LogP) is 1.75. The highest BCUT2D eigenvalue weighted by Gasteiger charge is 2.59. The molecular formula is C19H15N3O5. The number of nitro groups is 1. The van der Waals surface area contributed by atoms with Crippen LogP contribution >= 0.6 is 0 Å². The Bertz CT molecular complexity index is 915. The van der Waals surface area contributed by atoms with E-state index in [-0.39, 0.29) is 53.5 Å². The standard InChI is InChI=1S/C19H15N3O5/c1-2-7-27-15-6-3-11(8-14(15)22(25)26)10-20-21-18(23)16-12-4-5-13(9-12)17(16)19(21)24/h1,3-6,8,10,12-13,16-17H,7,9H2/t12-,13-,16-,17+/m0/s1. The van der Waals surface area contributed by atoms with Gasteiger partial charge < -0.3 is 4.74 Å². The van der Waals surface area contributed by atoms with Crippen molar-refractivity contribution >= 4 is 23.7 Å². The van der Waals surface area contributed by atoms with Gasteiger partial charge in [0.2, 0.25) is 0 Å². The summed E-state index contributed by atoms with van der Waals surface area (Å²) in [7, 11) is 0. The van der Waals surface area contributed by atoms with Gasteiger partial charge in [0, 0.05) is 11.6 Å². The molecule has 0 N–H and O–H groups in total. The summed E-state index contributed by atoms with van der Waals surface area (Å²) < 4.78 is 5.15. The Morgan fingerprint density at radius 1 is 1.30 bits per heavy atom. The minimum Gasteiger partial charge on any atom is -0.474 e. The summed E-state index contributed by atoms with van der Waals surface area (Å²) >= 11 is 0. The maximum absolute atomic E-state index is 12.6. The number of amides is 2.